The molecule has 0 fully saturated rings. The first kappa shape index (κ1) is 13.3. The molecule has 0 radical (unpaired) electrons. The number of phenolic OH excluding ortho intramolecular Hbond substituents is 1. The highest BCUT2D eigenvalue weighted by Crippen LogP contribution is 2.45. The summed E-state index contributed by atoms with van der Waals surface area (Å²) in [6.07, 6.45) is 1.92. The molecule has 3 N–H and O–H groups in total. The number of nitrogens with zero attached hydrogens (tertiary/aromatic N) is 1. The van der Waals surface area contributed by atoms with Crippen molar-refractivity contribution in [2.24, 2.45) is 11.7 Å². The van der Waals surface area contributed by atoms with Gasteiger partial charge in [-0.3, -0.25) is 0 Å². The van der Waals surface area contributed by atoms with Crippen LogP contribution in [0.25, 0.3) is 0 Å². The Kier molecular flexibility index (Phi) is 3.66. The van der Waals surface area contributed by atoms with E-state index in [1.165, 1.54) is 0 Å². The molecule has 1 aliphatic rings. The highest BCUT2D eigenvalue weighted by molar-refractivity contribution is 5.52. The molecule has 0 bridgehead atoms. The lowest BCUT2D eigenvalue weighted by Crippen LogP contribution is -2.24. The third kappa shape index (κ3) is 2.24. The molecule has 1 aliphatic heterocycles. The molecule has 4 nitrogen and oxygen atoms in total. The van der Waals surface area contributed by atoms with Crippen molar-refractivity contribution in [1.29, 1.82) is 5.26 Å². The largest absolute Gasteiger partial charge is 0.508 e. The zero-order valence-corrected chi connectivity index (χ0v) is 11.2. The molecular weight excluding hydrogens is 240 g/mol. The minimum absolute atomic E-state index is 0.0515. The first-order valence-electron chi connectivity index (χ1n) is 6.52. The molecule has 19 heavy (non-hydrogen) atoms. The normalized spacial score (nSPS) is 17.9. The second-order valence-corrected chi connectivity index (χ2v) is 4.77. The van der Waals surface area contributed by atoms with Crippen LogP contribution in [0.4, 0.5) is 0 Å². The second kappa shape index (κ2) is 5.23. The predicted octanol–water partition coefficient (Wildman–Crippen LogP) is 3.00. The lowest BCUT2D eigenvalue weighted by molar-refractivity contribution is 0.347. The zero-order chi connectivity index (χ0) is 14.0. The van der Waals surface area contributed by atoms with E-state index >= 15 is 0 Å². The topological polar surface area (TPSA) is 79.3 Å². The van der Waals surface area contributed by atoms with Gasteiger partial charge in [0, 0.05) is 17.5 Å². The van der Waals surface area contributed by atoms with Crippen LogP contribution in [0, 0.1) is 17.2 Å². The standard InChI is InChI=1S/C15H18N2O2/c1-3-9(4-2)14-11-6-5-10(18)7-13(11)19-15(17)12(14)8-16/h5-7,9,14,18H,3-4,17H2,1-2H3. The van der Waals surface area contributed by atoms with Crippen LogP contribution in [0.2, 0.25) is 0 Å². The maximum Gasteiger partial charge on any atom is 0.205 e. The third-order valence-corrected chi connectivity index (χ3v) is 3.77. The molecule has 0 saturated heterocycles. The molecule has 1 heterocycles. The number of phenols is 1. The van der Waals surface area contributed by atoms with Gasteiger partial charge in [-0.25, -0.2) is 0 Å². The molecule has 1 atom stereocenters. The number of nitrogens with two attached hydrogens (primary N) is 1. The Morgan fingerprint density at radius 2 is 2.11 bits per heavy atom. The number of nitriles is 1. The summed E-state index contributed by atoms with van der Waals surface area (Å²) in [7, 11) is 0. The van der Waals surface area contributed by atoms with E-state index in [2.05, 4.69) is 19.9 Å². The van der Waals surface area contributed by atoms with Gasteiger partial charge in [-0.15, -0.1) is 0 Å². The summed E-state index contributed by atoms with van der Waals surface area (Å²) >= 11 is 0. The van der Waals surface area contributed by atoms with Crippen LogP contribution in [0.1, 0.15) is 38.2 Å². The van der Waals surface area contributed by atoms with Gasteiger partial charge in [0.1, 0.15) is 17.6 Å². The van der Waals surface area contributed by atoms with E-state index in [0.717, 1.165) is 18.4 Å². The Balaban J connectivity index is 2.58. The second-order valence-electron chi connectivity index (χ2n) is 4.77. The highest BCUT2D eigenvalue weighted by atomic mass is 16.5. The van der Waals surface area contributed by atoms with Crippen molar-refractivity contribution in [3.63, 3.8) is 0 Å². The Labute approximate surface area is 113 Å². The van der Waals surface area contributed by atoms with E-state index < -0.39 is 0 Å². The summed E-state index contributed by atoms with van der Waals surface area (Å²) in [5, 5.41) is 18.9. The SMILES string of the molecule is CCC(CC)C1C(C#N)=C(N)Oc2cc(O)ccc21. The summed E-state index contributed by atoms with van der Waals surface area (Å²) in [5.41, 5.74) is 7.27. The summed E-state index contributed by atoms with van der Waals surface area (Å²) in [6.45, 7) is 4.21. The van der Waals surface area contributed by atoms with Crippen LogP contribution in [0.3, 0.4) is 0 Å². The lowest BCUT2D eigenvalue weighted by atomic mass is 9.77. The summed E-state index contributed by atoms with van der Waals surface area (Å²) in [5.74, 6) is 1.12. The van der Waals surface area contributed by atoms with Gasteiger partial charge >= 0.3 is 0 Å². The van der Waals surface area contributed by atoms with Crippen molar-refractivity contribution in [2.75, 3.05) is 0 Å². The lowest BCUT2D eigenvalue weighted by Gasteiger charge is -2.31. The third-order valence-electron chi connectivity index (χ3n) is 3.77. The summed E-state index contributed by atoms with van der Waals surface area (Å²) < 4.78 is 5.46. The van der Waals surface area contributed by atoms with E-state index in [1.54, 1.807) is 12.1 Å². The van der Waals surface area contributed by atoms with E-state index in [1.807, 2.05) is 6.07 Å². The maximum absolute atomic E-state index is 9.53. The summed E-state index contributed by atoms with van der Waals surface area (Å²) in [4.78, 5) is 0. The Hall–Kier alpha value is -2.15. The van der Waals surface area contributed by atoms with Gasteiger partial charge in [-0.05, 0) is 12.0 Å². The Bertz CT molecular complexity index is 554. The fourth-order valence-corrected chi connectivity index (χ4v) is 2.72. The molecule has 100 valence electrons. The molecule has 2 rings (SSSR count). The van der Waals surface area contributed by atoms with Crippen molar-refractivity contribution >= 4 is 0 Å². The highest BCUT2D eigenvalue weighted by Gasteiger charge is 2.33. The first-order chi connectivity index (χ1) is 9.12. The van der Waals surface area contributed by atoms with E-state index in [0.29, 0.717) is 17.2 Å². The van der Waals surface area contributed by atoms with Crippen LogP contribution < -0.4 is 10.5 Å². The smallest absolute Gasteiger partial charge is 0.205 e. The van der Waals surface area contributed by atoms with Crippen molar-refractivity contribution in [3.8, 4) is 17.6 Å². The van der Waals surface area contributed by atoms with Crippen LogP contribution in [0.5, 0.6) is 11.5 Å². The van der Waals surface area contributed by atoms with Gasteiger partial charge in [-0.1, -0.05) is 32.8 Å². The minimum atomic E-state index is -0.0515. The first-order valence-corrected chi connectivity index (χ1v) is 6.52. The van der Waals surface area contributed by atoms with Crippen molar-refractivity contribution in [1.82, 2.24) is 0 Å². The number of aromatic hydroxyl groups is 1. The molecule has 0 amide bonds. The van der Waals surface area contributed by atoms with E-state index in [-0.39, 0.29) is 17.6 Å². The van der Waals surface area contributed by atoms with Crippen molar-refractivity contribution in [3.05, 3.63) is 35.2 Å². The molecule has 4 heteroatoms. The fraction of sp³-hybridized carbons (Fsp3) is 0.400. The molecule has 1 aromatic carbocycles. The molecule has 1 aromatic rings. The van der Waals surface area contributed by atoms with Crippen molar-refractivity contribution < 1.29 is 9.84 Å². The Morgan fingerprint density at radius 1 is 1.42 bits per heavy atom. The minimum Gasteiger partial charge on any atom is -0.508 e. The molecule has 0 aromatic heterocycles. The number of allylic oxidation sites excluding steroid dienone is 1. The van der Waals surface area contributed by atoms with Gasteiger partial charge in [0.25, 0.3) is 0 Å². The maximum atomic E-state index is 9.53. The van der Waals surface area contributed by atoms with Crippen LogP contribution in [0.15, 0.2) is 29.7 Å². The van der Waals surface area contributed by atoms with Gasteiger partial charge in [0.15, 0.2) is 0 Å². The van der Waals surface area contributed by atoms with Crippen LogP contribution in [-0.4, -0.2) is 5.11 Å². The number of ether oxygens (including phenoxy) is 1. The predicted molar refractivity (Wildman–Crippen MR) is 72.4 cm³/mol. The molecular formula is C15H18N2O2. The molecule has 0 saturated carbocycles. The van der Waals surface area contributed by atoms with Crippen molar-refractivity contribution in [2.45, 2.75) is 32.6 Å². The van der Waals surface area contributed by atoms with Gasteiger partial charge in [0.2, 0.25) is 5.88 Å². The average molecular weight is 258 g/mol. The average Bonchev–Trinajstić information content (AvgIpc) is 2.39. The number of fused-ring (bicyclic) bond motifs is 1. The number of benzene rings is 1. The molecule has 0 spiro atoms. The number of hydrogen-bond acceptors (Lipinski definition) is 4. The molecule has 1 unspecified atom stereocenters. The number of hydrogen-bond donors (Lipinski definition) is 2. The molecule has 0 aliphatic carbocycles. The van der Waals surface area contributed by atoms with Crippen LogP contribution in [-0.2, 0) is 0 Å². The zero-order valence-electron chi connectivity index (χ0n) is 11.2. The van der Waals surface area contributed by atoms with Gasteiger partial charge in [-0.2, -0.15) is 5.26 Å². The Morgan fingerprint density at radius 3 is 2.68 bits per heavy atom. The van der Waals surface area contributed by atoms with Gasteiger partial charge < -0.3 is 15.6 Å². The fourth-order valence-electron chi connectivity index (χ4n) is 2.72. The monoisotopic (exact) mass is 258 g/mol. The number of rotatable bonds is 3. The quantitative estimate of drug-likeness (QED) is 0.873. The van der Waals surface area contributed by atoms with E-state index in [9.17, 15) is 10.4 Å². The van der Waals surface area contributed by atoms with E-state index in [4.69, 9.17) is 10.5 Å². The van der Waals surface area contributed by atoms with Gasteiger partial charge in [0.05, 0.1) is 5.57 Å². The van der Waals surface area contributed by atoms with Crippen LogP contribution >= 0.6 is 0 Å². The summed E-state index contributed by atoms with van der Waals surface area (Å²) in [6, 6.07) is 7.16.